The molecule has 0 aliphatic carbocycles. The van der Waals surface area contributed by atoms with Gasteiger partial charge in [-0.25, -0.2) is 19.3 Å². The van der Waals surface area contributed by atoms with Gasteiger partial charge in [0.1, 0.15) is 36.3 Å². The number of hydrogen-bond acceptors (Lipinski definition) is 22. The highest BCUT2D eigenvalue weighted by atomic mass is 32.2. The molecule has 3 rings (SSSR count). The average Bonchev–Trinajstić information content (AvgIpc) is 3.60. The van der Waals surface area contributed by atoms with Gasteiger partial charge in [0.15, 0.2) is 17.2 Å². The maximum absolute atomic E-state index is 12.5. The second kappa shape index (κ2) is 18.0. The Morgan fingerprint density at radius 3 is 2.41 bits per heavy atom. The Kier molecular flexibility index (Phi) is 15.3. The largest absolute Gasteiger partial charge is 0.790 e. The summed E-state index contributed by atoms with van der Waals surface area (Å²) in [7, 11) is -17.6. The van der Waals surface area contributed by atoms with Crippen molar-refractivity contribution in [3.05, 3.63) is 24.8 Å². The van der Waals surface area contributed by atoms with Crippen LogP contribution >= 0.6 is 35.2 Å². The van der Waals surface area contributed by atoms with Gasteiger partial charge in [0.05, 0.1) is 27.4 Å². The summed E-state index contributed by atoms with van der Waals surface area (Å²) >= 11 is 0.967. The zero-order valence-corrected chi connectivity index (χ0v) is 32.5. The maximum atomic E-state index is 12.5. The number of imidazole rings is 1. The highest BCUT2D eigenvalue weighted by Crippen LogP contribution is 2.56. The van der Waals surface area contributed by atoms with Crippen LogP contribution in [-0.2, 0) is 56.4 Å². The molecule has 2 aromatic rings. The molecule has 2 aromatic heterocycles. The number of aliphatic hydroxyl groups is 2. The third-order valence-electron chi connectivity index (χ3n) is 7.54. The van der Waals surface area contributed by atoms with E-state index in [1.165, 1.54) is 20.8 Å². The molecule has 0 aromatic carbocycles. The van der Waals surface area contributed by atoms with Gasteiger partial charge in [-0.1, -0.05) is 32.2 Å². The van der Waals surface area contributed by atoms with Gasteiger partial charge in [-0.15, -0.1) is 0 Å². The van der Waals surface area contributed by atoms with Crippen molar-refractivity contribution in [3.63, 3.8) is 0 Å². The normalized spacial score (nSPS) is 23.3. The van der Waals surface area contributed by atoms with Crippen molar-refractivity contribution in [3.8, 4) is 0 Å². The maximum Gasteiger partial charge on any atom is 0.274 e. The number of ether oxygens (including phenoxy) is 1. The van der Waals surface area contributed by atoms with E-state index in [1.807, 2.05) is 0 Å². The zero-order valence-electron chi connectivity index (χ0n) is 29.0. The lowest BCUT2D eigenvalue weighted by Crippen LogP contribution is -2.46. The Labute approximate surface area is 311 Å². The molecule has 28 heteroatoms. The van der Waals surface area contributed by atoms with E-state index in [2.05, 4.69) is 50.0 Å². The minimum Gasteiger partial charge on any atom is -0.790 e. The number of phosphoric acid groups is 3. The molecular formula is C26H38N7O17P3S-4. The number of phosphoric ester groups is 3. The molecule has 304 valence electrons. The van der Waals surface area contributed by atoms with Crippen molar-refractivity contribution in [2.24, 2.45) is 5.41 Å². The van der Waals surface area contributed by atoms with E-state index in [9.17, 15) is 57.9 Å². The zero-order chi connectivity index (χ0) is 40.9. The molecule has 24 nitrogen and oxygen atoms in total. The molecule has 1 aliphatic rings. The molecule has 1 saturated heterocycles. The summed E-state index contributed by atoms with van der Waals surface area (Å²) in [5.74, 6) is -1.29. The summed E-state index contributed by atoms with van der Waals surface area (Å²) in [6.07, 6.45) is -6.10. The number of hydrogen-bond donors (Lipinski definition) is 5. The number of nitrogens with two attached hydrogens (primary N) is 1. The van der Waals surface area contributed by atoms with E-state index < -0.39 is 84.1 Å². The van der Waals surface area contributed by atoms with E-state index in [-0.39, 0.29) is 41.6 Å². The number of nitrogen functional groups attached to an aromatic ring is 1. The standard InChI is InChI=1S/C26H42N7O17P3S/c1-14(2)24(38)54-9-8-28-16(34)6-7-29-23(37)20(36)25(3,4)11-47-53(44,45)50-52(42,43)46-10-15-18(49-51(39,40)41)19(35)26(5,48-15)33-13-32-17-21(27)30-12-31-22(17)33/h12-13,15,18-20,35-36H,1,6-11H2,2-5H3,(H,28,34)(H,29,37)(H,42,43)(H,44,45)(H2,27,30,31)(H2,39,40,41)/p-4. The molecule has 2 amide bonds. The summed E-state index contributed by atoms with van der Waals surface area (Å²) in [5, 5.41) is 26.1. The highest BCUT2D eigenvalue weighted by Gasteiger charge is 2.55. The first-order valence-electron chi connectivity index (χ1n) is 15.5. The lowest BCUT2D eigenvalue weighted by molar-refractivity contribution is -0.347. The van der Waals surface area contributed by atoms with E-state index in [1.54, 1.807) is 6.92 Å². The lowest BCUT2D eigenvalue weighted by atomic mass is 9.87. The minimum atomic E-state index is -5.93. The van der Waals surface area contributed by atoms with E-state index in [4.69, 9.17) is 10.5 Å². The first kappa shape index (κ1) is 45.7. The van der Waals surface area contributed by atoms with Crippen LogP contribution in [0.3, 0.4) is 0 Å². The molecule has 3 heterocycles. The number of carbonyl (C=O) groups is 3. The lowest BCUT2D eigenvalue weighted by Gasteiger charge is -2.36. The van der Waals surface area contributed by atoms with Crippen molar-refractivity contribution < 1.29 is 80.5 Å². The SMILES string of the molecule is C=C(C)C(=O)SCCNC(=O)CCNC(=O)C(O)C(C)(C)COP(=O)([O-])OP(=O)([O-])OCC1OC(C)(n2cnc3c(N)ncnc32)C(O)C1OP(=O)([O-])[O-]. The molecular weight excluding hydrogens is 807 g/mol. The molecule has 7 atom stereocenters. The number of aliphatic hydroxyl groups excluding tert-OH is 2. The van der Waals surface area contributed by atoms with Crippen molar-refractivity contribution in [2.75, 3.05) is 37.8 Å². The van der Waals surface area contributed by atoms with E-state index >= 15 is 0 Å². The summed E-state index contributed by atoms with van der Waals surface area (Å²) in [4.78, 5) is 95.7. The van der Waals surface area contributed by atoms with Crippen LogP contribution in [0.1, 0.15) is 34.1 Å². The van der Waals surface area contributed by atoms with Crippen LogP contribution in [0.15, 0.2) is 24.8 Å². The quantitative estimate of drug-likeness (QED) is 0.0500. The van der Waals surface area contributed by atoms with Gasteiger partial charge in [-0.05, 0) is 19.4 Å². The Bertz CT molecular complexity index is 1860. The number of nitrogens with zero attached hydrogens (tertiary/aromatic N) is 4. The number of amides is 2. The summed E-state index contributed by atoms with van der Waals surface area (Å²) < 4.78 is 60.9. The summed E-state index contributed by atoms with van der Waals surface area (Å²) in [6.45, 7) is 6.26. The van der Waals surface area contributed by atoms with Crippen LogP contribution < -0.4 is 35.9 Å². The second-order valence-corrected chi connectivity index (χ2v) is 17.6. The van der Waals surface area contributed by atoms with Crippen molar-refractivity contribution >= 4 is 69.1 Å². The molecule has 54 heavy (non-hydrogen) atoms. The van der Waals surface area contributed by atoms with E-state index in [0.29, 0.717) is 11.3 Å². The first-order chi connectivity index (χ1) is 24.8. The number of thioether (sulfide) groups is 1. The second-order valence-electron chi connectivity index (χ2n) is 12.5. The number of anilines is 1. The first-order valence-corrected chi connectivity index (χ1v) is 20.8. The molecule has 7 unspecified atom stereocenters. The number of nitrogens with one attached hydrogen (secondary N) is 2. The van der Waals surface area contributed by atoms with Crippen molar-refractivity contribution in [2.45, 2.75) is 64.3 Å². The van der Waals surface area contributed by atoms with Gasteiger partial charge in [0, 0.05) is 30.7 Å². The molecule has 0 radical (unpaired) electrons. The average molecular weight is 846 g/mol. The van der Waals surface area contributed by atoms with Gasteiger partial charge in [0.2, 0.25) is 16.9 Å². The predicted molar refractivity (Wildman–Crippen MR) is 178 cm³/mol. The van der Waals surface area contributed by atoms with Crippen LogP contribution in [-0.4, -0.2) is 103 Å². The monoisotopic (exact) mass is 845 g/mol. The van der Waals surface area contributed by atoms with Crippen molar-refractivity contribution in [1.29, 1.82) is 0 Å². The van der Waals surface area contributed by atoms with E-state index in [0.717, 1.165) is 29.0 Å². The summed E-state index contributed by atoms with van der Waals surface area (Å²) in [5.41, 5.74) is 2.37. The molecule has 1 aliphatic heterocycles. The molecule has 0 bridgehead atoms. The van der Waals surface area contributed by atoms with Crippen LogP contribution in [0, 0.1) is 5.41 Å². The smallest absolute Gasteiger partial charge is 0.274 e. The topological polar surface area (TPSA) is 375 Å². The van der Waals surface area contributed by atoms with Gasteiger partial charge < -0.3 is 69.0 Å². The van der Waals surface area contributed by atoms with Crippen LogP contribution in [0.2, 0.25) is 0 Å². The van der Waals surface area contributed by atoms with Gasteiger partial charge >= 0.3 is 0 Å². The Morgan fingerprint density at radius 1 is 1.13 bits per heavy atom. The third kappa shape index (κ3) is 12.4. The van der Waals surface area contributed by atoms with Gasteiger partial charge in [-0.3, -0.25) is 28.1 Å². The molecule has 1 fully saturated rings. The molecule has 6 N–H and O–H groups in total. The fourth-order valence-electron chi connectivity index (χ4n) is 4.69. The van der Waals surface area contributed by atoms with Gasteiger partial charge in [-0.2, -0.15) is 0 Å². The molecule has 0 saturated carbocycles. The Morgan fingerprint density at radius 2 is 1.78 bits per heavy atom. The van der Waals surface area contributed by atoms with Crippen LogP contribution in [0.5, 0.6) is 0 Å². The highest BCUT2D eigenvalue weighted by molar-refractivity contribution is 8.14. The number of aromatic nitrogens is 4. The number of carbonyl (C=O) groups excluding carboxylic acids is 3. The predicted octanol–water partition coefficient (Wildman–Crippen LogP) is -3.11. The number of fused-ring (bicyclic) bond motifs is 1. The van der Waals surface area contributed by atoms with Crippen molar-refractivity contribution in [1.82, 2.24) is 30.2 Å². The molecule has 0 spiro atoms. The fourth-order valence-corrected chi connectivity index (χ4v) is 8.05. The summed E-state index contributed by atoms with van der Waals surface area (Å²) in [6, 6.07) is 0. The van der Waals surface area contributed by atoms with Crippen LogP contribution in [0.25, 0.3) is 11.2 Å². The fraction of sp³-hybridized carbons (Fsp3) is 0.615. The number of rotatable bonds is 20. The third-order valence-corrected chi connectivity index (χ3v) is 11.6. The van der Waals surface area contributed by atoms with Crippen LogP contribution in [0.4, 0.5) is 5.82 Å². The van der Waals surface area contributed by atoms with Gasteiger partial charge in [0.25, 0.3) is 15.6 Å². The Balaban J connectivity index is 1.56. The Hall–Kier alpha value is -2.70. The minimum absolute atomic E-state index is 0.0335.